The maximum absolute atomic E-state index is 14.1. The van der Waals surface area contributed by atoms with Gasteiger partial charge in [-0.2, -0.15) is 0 Å². The summed E-state index contributed by atoms with van der Waals surface area (Å²) >= 11 is 5.82. The Labute approximate surface area is 126 Å². The van der Waals surface area contributed by atoms with Crippen molar-refractivity contribution in [2.75, 3.05) is 19.1 Å². The molecule has 0 aliphatic carbocycles. The number of carbonyl (C=O) groups excluding carboxylic acids is 2. The summed E-state index contributed by atoms with van der Waals surface area (Å²) in [6, 6.07) is 1.62. The molecular weight excluding hydrogens is 299 g/mol. The molecule has 1 fully saturated rings. The number of hydrogen-bond donors (Lipinski definition) is 0. The fourth-order valence-corrected chi connectivity index (χ4v) is 2.42. The lowest BCUT2D eigenvalue weighted by atomic mass is 10.2. The maximum atomic E-state index is 14.1. The second kappa shape index (κ2) is 5.37. The number of likely N-dealkylation sites (N-methyl/N-ethyl adjacent to an activating group) is 1. The summed E-state index contributed by atoms with van der Waals surface area (Å²) in [6.07, 6.45) is 0. The zero-order chi connectivity index (χ0) is 15.9. The van der Waals surface area contributed by atoms with Crippen LogP contribution in [0.4, 0.5) is 14.9 Å². The van der Waals surface area contributed by atoms with Crippen LogP contribution in [0.15, 0.2) is 23.4 Å². The number of methoxy groups -OCH3 is 1. The molecule has 0 radical (unpaired) electrons. The smallest absolute Gasteiger partial charge is 0.336 e. The standard InChI is InChI=1S/C14H14ClFN2O3/c1-7(2)12-13(19)18(14(20)17(12)3)10-6-11(21-4)8(15)5-9(10)16/h5-6H,1-4H3. The molecule has 7 heteroatoms. The van der Waals surface area contributed by atoms with E-state index in [0.29, 0.717) is 5.57 Å². The van der Waals surface area contributed by atoms with E-state index in [2.05, 4.69) is 0 Å². The number of halogens is 2. The summed E-state index contributed by atoms with van der Waals surface area (Å²) in [5, 5.41) is 0.0636. The second-order valence-electron chi connectivity index (χ2n) is 4.77. The minimum absolute atomic E-state index is 0.0636. The molecular formula is C14H14ClFN2O3. The SMILES string of the molecule is COc1cc(N2C(=O)C(=C(C)C)N(C)C2=O)c(F)cc1Cl. The molecule has 1 aliphatic heterocycles. The molecule has 5 nitrogen and oxygen atoms in total. The summed E-state index contributed by atoms with van der Waals surface area (Å²) < 4.78 is 19.1. The summed E-state index contributed by atoms with van der Waals surface area (Å²) in [7, 11) is 2.83. The Bertz CT molecular complexity index is 668. The third-order valence-electron chi connectivity index (χ3n) is 3.16. The molecule has 1 saturated heterocycles. The Morgan fingerprint density at radius 1 is 1.29 bits per heavy atom. The molecule has 1 aromatic rings. The van der Waals surface area contributed by atoms with Crippen LogP contribution in [-0.2, 0) is 4.79 Å². The van der Waals surface area contributed by atoms with Crippen LogP contribution in [0.2, 0.25) is 5.02 Å². The Kier molecular flexibility index (Phi) is 3.91. The van der Waals surface area contributed by atoms with Crippen molar-refractivity contribution in [3.8, 4) is 5.75 Å². The van der Waals surface area contributed by atoms with Crippen LogP contribution in [0.25, 0.3) is 0 Å². The van der Waals surface area contributed by atoms with Gasteiger partial charge in [0.1, 0.15) is 17.3 Å². The third-order valence-corrected chi connectivity index (χ3v) is 3.45. The monoisotopic (exact) mass is 312 g/mol. The maximum Gasteiger partial charge on any atom is 0.336 e. The molecule has 112 valence electrons. The predicted molar refractivity (Wildman–Crippen MR) is 77.0 cm³/mol. The molecule has 1 heterocycles. The topological polar surface area (TPSA) is 49.9 Å². The third kappa shape index (κ3) is 2.35. The van der Waals surface area contributed by atoms with Crippen molar-refractivity contribution < 1.29 is 18.7 Å². The molecule has 0 aromatic heterocycles. The number of carbonyl (C=O) groups is 2. The number of amides is 3. The van der Waals surface area contributed by atoms with E-state index in [1.165, 1.54) is 25.1 Å². The lowest BCUT2D eigenvalue weighted by molar-refractivity contribution is -0.114. The molecule has 0 bridgehead atoms. The fourth-order valence-electron chi connectivity index (χ4n) is 2.19. The highest BCUT2D eigenvalue weighted by Gasteiger charge is 2.41. The summed E-state index contributed by atoms with van der Waals surface area (Å²) in [6.45, 7) is 3.42. The number of hydrogen-bond acceptors (Lipinski definition) is 3. The lowest BCUT2D eigenvalue weighted by Crippen LogP contribution is -2.32. The first-order chi connectivity index (χ1) is 9.79. The minimum Gasteiger partial charge on any atom is -0.495 e. The predicted octanol–water partition coefficient (Wildman–Crippen LogP) is 3.18. The van der Waals surface area contributed by atoms with Gasteiger partial charge in [-0.25, -0.2) is 14.1 Å². The lowest BCUT2D eigenvalue weighted by Gasteiger charge is -2.16. The molecule has 3 amide bonds. The van der Waals surface area contributed by atoms with E-state index in [-0.39, 0.29) is 22.2 Å². The normalized spacial score (nSPS) is 15.0. The highest BCUT2D eigenvalue weighted by molar-refractivity contribution is 6.32. The number of ether oxygens (including phenoxy) is 1. The summed E-state index contributed by atoms with van der Waals surface area (Å²) in [5.41, 5.74) is 0.711. The zero-order valence-corrected chi connectivity index (χ0v) is 12.8. The van der Waals surface area contributed by atoms with E-state index < -0.39 is 17.8 Å². The first kappa shape index (κ1) is 15.3. The van der Waals surface area contributed by atoms with E-state index in [1.54, 1.807) is 13.8 Å². The first-order valence-electron chi connectivity index (χ1n) is 6.12. The van der Waals surface area contributed by atoms with E-state index >= 15 is 0 Å². The Balaban J connectivity index is 2.60. The van der Waals surface area contributed by atoms with E-state index in [4.69, 9.17) is 16.3 Å². The van der Waals surface area contributed by atoms with Gasteiger partial charge in [-0.05, 0) is 25.5 Å². The van der Waals surface area contributed by atoms with Crippen LogP contribution < -0.4 is 9.64 Å². The highest BCUT2D eigenvalue weighted by Crippen LogP contribution is 2.36. The number of imide groups is 1. The molecule has 2 rings (SSSR count). The minimum atomic E-state index is -0.772. The average Bonchev–Trinajstić information content (AvgIpc) is 2.61. The fraction of sp³-hybridized carbons (Fsp3) is 0.286. The van der Waals surface area contributed by atoms with Gasteiger partial charge >= 0.3 is 6.03 Å². The van der Waals surface area contributed by atoms with Gasteiger partial charge in [-0.3, -0.25) is 9.69 Å². The van der Waals surface area contributed by atoms with Crippen molar-refractivity contribution in [1.29, 1.82) is 0 Å². The Hall–Kier alpha value is -2.08. The molecule has 0 atom stereocenters. The van der Waals surface area contributed by atoms with Gasteiger partial charge in [0.15, 0.2) is 0 Å². The van der Waals surface area contributed by atoms with Gasteiger partial charge in [0.25, 0.3) is 5.91 Å². The molecule has 21 heavy (non-hydrogen) atoms. The Morgan fingerprint density at radius 2 is 1.90 bits per heavy atom. The highest BCUT2D eigenvalue weighted by atomic mass is 35.5. The van der Waals surface area contributed by atoms with Gasteiger partial charge < -0.3 is 4.74 Å². The Morgan fingerprint density at radius 3 is 2.38 bits per heavy atom. The van der Waals surface area contributed by atoms with Crippen LogP contribution in [0.1, 0.15) is 13.8 Å². The molecule has 0 saturated carbocycles. The van der Waals surface area contributed by atoms with Gasteiger partial charge in [-0.1, -0.05) is 11.6 Å². The molecule has 0 N–H and O–H groups in total. The second-order valence-corrected chi connectivity index (χ2v) is 5.18. The van der Waals surface area contributed by atoms with Crippen LogP contribution in [0, 0.1) is 5.82 Å². The van der Waals surface area contributed by atoms with Crippen molar-refractivity contribution in [1.82, 2.24) is 4.90 Å². The van der Waals surface area contributed by atoms with Gasteiger partial charge in [0.2, 0.25) is 0 Å². The van der Waals surface area contributed by atoms with Crippen LogP contribution in [0.5, 0.6) is 5.75 Å². The molecule has 1 aliphatic rings. The van der Waals surface area contributed by atoms with Gasteiger partial charge in [-0.15, -0.1) is 0 Å². The number of nitrogens with zero attached hydrogens (tertiary/aromatic N) is 2. The number of benzene rings is 1. The average molecular weight is 313 g/mol. The number of rotatable bonds is 2. The van der Waals surface area contributed by atoms with Crippen LogP contribution in [-0.4, -0.2) is 31.0 Å². The first-order valence-corrected chi connectivity index (χ1v) is 6.50. The van der Waals surface area contributed by atoms with Gasteiger partial charge in [0, 0.05) is 13.1 Å². The van der Waals surface area contributed by atoms with Crippen molar-refractivity contribution in [3.05, 3.63) is 34.2 Å². The molecule has 1 aromatic carbocycles. The van der Waals surface area contributed by atoms with Crippen molar-refractivity contribution in [2.24, 2.45) is 0 Å². The van der Waals surface area contributed by atoms with Crippen molar-refractivity contribution >= 4 is 29.2 Å². The van der Waals surface area contributed by atoms with Crippen LogP contribution >= 0.6 is 11.6 Å². The number of urea groups is 1. The number of allylic oxidation sites excluding steroid dienone is 1. The zero-order valence-electron chi connectivity index (χ0n) is 12.0. The largest absolute Gasteiger partial charge is 0.495 e. The van der Waals surface area contributed by atoms with E-state index in [0.717, 1.165) is 11.0 Å². The van der Waals surface area contributed by atoms with Gasteiger partial charge in [0.05, 0.1) is 17.8 Å². The quantitative estimate of drug-likeness (QED) is 0.622. The molecule has 0 spiro atoms. The van der Waals surface area contributed by atoms with E-state index in [1.807, 2.05) is 0 Å². The van der Waals surface area contributed by atoms with Crippen molar-refractivity contribution in [3.63, 3.8) is 0 Å². The van der Waals surface area contributed by atoms with Crippen molar-refractivity contribution in [2.45, 2.75) is 13.8 Å². The van der Waals surface area contributed by atoms with E-state index in [9.17, 15) is 14.0 Å². The summed E-state index contributed by atoms with van der Waals surface area (Å²) in [5.74, 6) is -1.17. The van der Waals surface area contributed by atoms with Crippen LogP contribution in [0.3, 0.4) is 0 Å². The summed E-state index contributed by atoms with van der Waals surface area (Å²) in [4.78, 5) is 26.6. The number of anilines is 1. The molecule has 0 unspecified atom stereocenters.